The molecule has 2 heterocycles. The molecule has 1 aromatic heterocycles. The van der Waals surface area contributed by atoms with Crippen LogP contribution < -0.4 is 10.1 Å². The highest BCUT2D eigenvalue weighted by Gasteiger charge is 2.30. The normalized spacial score (nSPS) is 14.4. The molecule has 0 atom stereocenters. The number of nitrogens with zero attached hydrogens (tertiary/aromatic N) is 2. The minimum Gasteiger partial charge on any atom is -0.492 e. The number of amides is 1. The highest BCUT2D eigenvalue weighted by molar-refractivity contribution is 7.89. The second kappa shape index (κ2) is 9.32. The van der Waals surface area contributed by atoms with Gasteiger partial charge in [0.05, 0.1) is 6.61 Å². The number of sulfonamides is 1. The van der Waals surface area contributed by atoms with Crippen LogP contribution in [0.25, 0.3) is 11.3 Å². The molecule has 1 N–H and O–H groups in total. The lowest BCUT2D eigenvalue weighted by molar-refractivity contribution is 0.101. The number of ether oxygens (including phenoxy) is 1. The molecular weight excluding hydrogens is 454 g/mol. The monoisotopic (exact) mass is 475 g/mol. The first-order chi connectivity index (χ1) is 15.4. The summed E-state index contributed by atoms with van der Waals surface area (Å²) in [5, 5.41) is 7.09. The average molecular weight is 476 g/mol. The molecule has 8 nitrogen and oxygen atoms in total. The van der Waals surface area contributed by atoms with E-state index in [0.29, 0.717) is 36.2 Å². The third-order valence-electron chi connectivity index (χ3n) is 5.06. The molecule has 1 amide bonds. The Morgan fingerprint density at radius 2 is 1.88 bits per heavy atom. The van der Waals surface area contributed by atoms with E-state index in [2.05, 4.69) is 10.5 Å². The molecule has 2 aromatic carbocycles. The minimum absolute atomic E-state index is 0.0288. The third-order valence-corrected chi connectivity index (χ3v) is 7.23. The Morgan fingerprint density at radius 3 is 2.56 bits per heavy atom. The van der Waals surface area contributed by atoms with Crippen LogP contribution in [0, 0.1) is 0 Å². The summed E-state index contributed by atoms with van der Waals surface area (Å²) < 4.78 is 38.5. The predicted molar refractivity (Wildman–Crippen MR) is 121 cm³/mol. The Labute approximate surface area is 191 Å². The molecule has 1 aliphatic rings. The zero-order valence-corrected chi connectivity index (χ0v) is 18.9. The largest absolute Gasteiger partial charge is 0.492 e. The van der Waals surface area contributed by atoms with E-state index in [-0.39, 0.29) is 16.3 Å². The van der Waals surface area contributed by atoms with E-state index in [0.717, 1.165) is 18.4 Å². The highest BCUT2D eigenvalue weighted by atomic mass is 35.5. The van der Waals surface area contributed by atoms with Gasteiger partial charge in [0.15, 0.2) is 11.5 Å². The molecule has 0 aliphatic carbocycles. The fourth-order valence-electron chi connectivity index (χ4n) is 3.46. The number of nitrogens with one attached hydrogen (secondary N) is 1. The molecule has 0 spiro atoms. The molecule has 1 saturated heterocycles. The summed E-state index contributed by atoms with van der Waals surface area (Å²) in [6, 6.07) is 13.0. The van der Waals surface area contributed by atoms with Crippen LogP contribution in [0.5, 0.6) is 5.75 Å². The molecule has 0 saturated carbocycles. The van der Waals surface area contributed by atoms with Crippen LogP contribution in [0.15, 0.2) is 57.9 Å². The van der Waals surface area contributed by atoms with Crippen molar-refractivity contribution in [3.8, 4) is 17.1 Å². The summed E-state index contributed by atoms with van der Waals surface area (Å²) in [7, 11) is -3.74. The van der Waals surface area contributed by atoms with Crippen LogP contribution in [0.1, 0.15) is 30.3 Å². The van der Waals surface area contributed by atoms with Crippen molar-refractivity contribution >= 4 is 33.2 Å². The number of anilines is 1. The van der Waals surface area contributed by atoms with Gasteiger partial charge in [0.25, 0.3) is 5.91 Å². The van der Waals surface area contributed by atoms with Crippen LogP contribution in [0.3, 0.4) is 0 Å². The highest BCUT2D eigenvalue weighted by Crippen LogP contribution is 2.32. The summed E-state index contributed by atoms with van der Waals surface area (Å²) in [6.45, 7) is 3.04. The van der Waals surface area contributed by atoms with Gasteiger partial charge in [0, 0.05) is 35.4 Å². The first-order valence-corrected chi connectivity index (χ1v) is 12.0. The number of carbonyl (C=O) groups is 1. The second-order valence-corrected chi connectivity index (χ2v) is 9.59. The van der Waals surface area contributed by atoms with E-state index >= 15 is 0 Å². The van der Waals surface area contributed by atoms with Gasteiger partial charge in [0.1, 0.15) is 10.6 Å². The topological polar surface area (TPSA) is 102 Å². The molecule has 0 unspecified atom stereocenters. The van der Waals surface area contributed by atoms with Crippen molar-refractivity contribution in [2.24, 2.45) is 0 Å². The summed E-state index contributed by atoms with van der Waals surface area (Å²) in [5.41, 5.74) is 1.10. The molecule has 168 valence electrons. The average Bonchev–Trinajstić information content (AvgIpc) is 3.48. The summed E-state index contributed by atoms with van der Waals surface area (Å²) in [6.07, 6.45) is 1.64. The number of aromatic nitrogens is 1. The molecule has 1 aliphatic heterocycles. The van der Waals surface area contributed by atoms with Crippen molar-refractivity contribution in [2.75, 3.05) is 25.0 Å². The van der Waals surface area contributed by atoms with Gasteiger partial charge < -0.3 is 14.6 Å². The van der Waals surface area contributed by atoms with Gasteiger partial charge in [-0.15, -0.1) is 0 Å². The molecule has 0 radical (unpaired) electrons. The van der Waals surface area contributed by atoms with Gasteiger partial charge in [-0.3, -0.25) is 4.79 Å². The number of hydrogen-bond donors (Lipinski definition) is 1. The first-order valence-electron chi connectivity index (χ1n) is 10.2. The van der Waals surface area contributed by atoms with E-state index in [4.69, 9.17) is 20.9 Å². The van der Waals surface area contributed by atoms with Crippen LogP contribution in [0.2, 0.25) is 5.02 Å². The molecule has 4 rings (SSSR count). The Morgan fingerprint density at radius 1 is 1.16 bits per heavy atom. The van der Waals surface area contributed by atoms with Crippen molar-refractivity contribution in [1.82, 2.24) is 9.46 Å². The maximum Gasteiger partial charge on any atom is 0.277 e. The fourth-order valence-corrected chi connectivity index (χ4v) is 5.26. The lowest BCUT2D eigenvalue weighted by atomic mass is 10.1. The predicted octanol–water partition coefficient (Wildman–Crippen LogP) is 4.43. The smallest absolute Gasteiger partial charge is 0.277 e. The summed E-state index contributed by atoms with van der Waals surface area (Å²) in [5.74, 6) is 0.141. The van der Waals surface area contributed by atoms with Crippen LogP contribution in [0.4, 0.5) is 5.69 Å². The van der Waals surface area contributed by atoms with E-state index in [9.17, 15) is 13.2 Å². The minimum atomic E-state index is -3.74. The number of rotatable bonds is 7. The zero-order chi connectivity index (χ0) is 22.7. The van der Waals surface area contributed by atoms with Gasteiger partial charge in [-0.1, -0.05) is 16.8 Å². The van der Waals surface area contributed by atoms with Crippen LogP contribution in [-0.2, 0) is 10.0 Å². The van der Waals surface area contributed by atoms with Crippen LogP contribution in [-0.4, -0.2) is 43.5 Å². The number of halogens is 1. The Kier molecular flexibility index (Phi) is 6.50. The number of carbonyl (C=O) groups excluding carboxylic acids is 1. The first kappa shape index (κ1) is 22.3. The van der Waals surface area contributed by atoms with Crippen molar-refractivity contribution in [1.29, 1.82) is 0 Å². The van der Waals surface area contributed by atoms with Crippen molar-refractivity contribution in [3.63, 3.8) is 0 Å². The van der Waals surface area contributed by atoms with Gasteiger partial charge in [-0.2, -0.15) is 4.31 Å². The molecule has 10 heteroatoms. The quantitative estimate of drug-likeness (QED) is 0.542. The Bertz CT molecular complexity index is 1220. The molecule has 32 heavy (non-hydrogen) atoms. The van der Waals surface area contributed by atoms with E-state index in [1.807, 2.05) is 0 Å². The maximum absolute atomic E-state index is 13.1. The zero-order valence-electron chi connectivity index (χ0n) is 17.4. The van der Waals surface area contributed by atoms with E-state index in [1.165, 1.54) is 16.4 Å². The maximum atomic E-state index is 13.1. The number of hydrogen-bond acceptors (Lipinski definition) is 6. The molecular formula is C22H22ClN3O5S. The Hall–Kier alpha value is -2.88. The molecule has 0 bridgehead atoms. The standard InChI is InChI=1S/C22H22ClN3O5S/c1-2-30-19-10-9-17(13-21(19)32(28,29)26-11-3-4-12-26)24-22(27)18-14-20(31-25-18)15-5-7-16(23)8-6-15/h5-10,13-14H,2-4,11-12H2,1H3,(H,24,27). The van der Waals surface area contributed by atoms with Crippen molar-refractivity contribution < 1.29 is 22.5 Å². The van der Waals surface area contributed by atoms with Crippen molar-refractivity contribution in [3.05, 3.63) is 59.2 Å². The summed E-state index contributed by atoms with van der Waals surface area (Å²) in [4.78, 5) is 12.7. The molecule has 3 aromatic rings. The van der Waals surface area contributed by atoms with E-state index in [1.54, 1.807) is 43.3 Å². The lowest BCUT2D eigenvalue weighted by Gasteiger charge is -2.19. The van der Waals surface area contributed by atoms with Crippen LogP contribution >= 0.6 is 11.6 Å². The fraction of sp³-hybridized carbons (Fsp3) is 0.273. The Balaban J connectivity index is 1.58. The third kappa shape index (κ3) is 4.64. The summed E-state index contributed by atoms with van der Waals surface area (Å²) >= 11 is 5.90. The molecule has 1 fully saturated rings. The van der Waals surface area contributed by atoms with Crippen molar-refractivity contribution in [2.45, 2.75) is 24.7 Å². The van der Waals surface area contributed by atoms with Gasteiger partial charge in [0.2, 0.25) is 10.0 Å². The lowest BCUT2D eigenvalue weighted by Crippen LogP contribution is -2.28. The van der Waals surface area contributed by atoms with Gasteiger partial charge in [-0.05, 0) is 62.2 Å². The SMILES string of the molecule is CCOc1ccc(NC(=O)c2cc(-c3ccc(Cl)cc3)on2)cc1S(=O)(=O)N1CCCC1. The van der Waals surface area contributed by atoms with Gasteiger partial charge in [-0.25, -0.2) is 8.42 Å². The van der Waals surface area contributed by atoms with Gasteiger partial charge >= 0.3 is 0 Å². The van der Waals surface area contributed by atoms with E-state index < -0.39 is 15.9 Å². The second-order valence-electron chi connectivity index (χ2n) is 7.24. The number of benzene rings is 2.